The maximum atomic E-state index is 2.62. The van der Waals surface area contributed by atoms with Crippen LogP contribution < -0.4 is 6.54 Å². The molecule has 0 aliphatic heterocycles. The third-order valence-electron chi connectivity index (χ3n) is 8.76. The Bertz CT molecular complexity index is 1390. The van der Waals surface area contributed by atoms with Crippen molar-refractivity contribution in [3.05, 3.63) is 144 Å². The van der Waals surface area contributed by atoms with Crippen LogP contribution in [0.5, 0.6) is 0 Å². The molecule has 166 valence electrons. The standard InChI is InChI=1S/2C9H7.2C6H5.C2H6Si.Zr/c2*1-2-5-9-7-3-6-8(9)4-1;2*1-2-4-6-5-3-1;1-3-2;/h2*1-7H;2*1-5H;1-2H3;. The molecule has 0 heterocycles. The number of hydrogen-bond acceptors (Lipinski definition) is 0. The van der Waals surface area contributed by atoms with Crippen molar-refractivity contribution in [2.75, 3.05) is 0 Å². The van der Waals surface area contributed by atoms with Crippen molar-refractivity contribution in [2.45, 2.75) is 20.3 Å². The van der Waals surface area contributed by atoms with E-state index in [9.17, 15) is 0 Å². The summed E-state index contributed by atoms with van der Waals surface area (Å²) in [5.41, 5.74) is 5.03. The molecular weight excluding hydrogens is 504 g/mol. The molecule has 0 bridgehead atoms. The second-order valence-electron chi connectivity index (χ2n) is 10.1. The normalized spacial score (nSPS) is 18.6. The Morgan fingerprint density at radius 3 is 1.29 bits per heavy atom. The second-order valence-corrected chi connectivity index (χ2v) is 38.6. The fourth-order valence-electron chi connectivity index (χ4n) is 7.42. The van der Waals surface area contributed by atoms with Gasteiger partial charge in [-0.3, -0.25) is 0 Å². The van der Waals surface area contributed by atoms with E-state index in [1.807, 2.05) is 0 Å². The monoisotopic (exact) mass is 532 g/mol. The third kappa shape index (κ3) is 2.73. The van der Waals surface area contributed by atoms with Crippen LogP contribution in [-0.4, -0.2) is 5.43 Å². The predicted molar refractivity (Wildman–Crippen MR) is 146 cm³/mol. The molecule has 2 aliphatic rings. The minimum atomic E-state index is -4.27. The van der Waals surface area contributed by atoms with Gasteiger partial charge in [-0.2, -0.15) is 0 Å². The first-order chi connectivity index (χ1) is 16.7. The van der Waals surface area contributed by atoms with Gasteiger partial charge in [0.25, 0.3) is 0 Å². The predicted octanol–water partition coefficient (Wildman–Crippen LogP) is 7.11. The van der Waals surface area contributed by atoms with Gasteiger partial charge < -0.3 is 0 Å². The van der Waals surface area contributed by atoms with Crippen molar-refractivity contribution in [3.63, 3.8) is 0 Å². The Morgan fingerprint density at radius 2 is 0.882 bits per heavy atom. The summed E-state index contributed by atoms with van der Waals surface area (Å²) in [6.45, 7) is 5.25. The van der Waals surface area contributed by atoms with Crippen LogP contribution in [0.3, 0.4) is 0 Å². The van der Waals surface area contributed by atoms with Gasteiger partial charge in [-0.05, 0) is 0 Å². The quantitative estimate of drug-likeness (QED) is 0.245. The Labute approximate surface area is 204 Å². The van der Waals surface area contributed by atoms with Crippen LogP contribution in [0.2, 0.25) is 13.1 Å². The summed E-state index contributed by atoms with van der Waals surface area (Å²) in [7, 11) is 0. The van der Waals surface area contributed by atoms with Gasteiger partial charge >= 0.3 is 205 Å². The molecule has 0 saturated heterocycles. The molecule has 2 heteroatoms. The van der Waals surface area contributed by atoms with Crippen LogP contribution in [0.4, 0.5) is 0 Å². The van der Waals surface area contributed by atoms with Crippen molar-refractivity contribution in [2.24, 2.45) is 0 Å². The van der Waals surface area contributed by atoms with Crippen LogP contribution in [-0.2, 0) is 17.4 Å². The van der Waals surface area contributed by atoms with E-state index in [1.54, 1.807) is 6.54 Å². The molecule has 2 aliphatic carbocycles. The molecule has 4 aromatic carbocycles. The van der Waals surface area contributed by atoms with Gasteiger partial charge in [0, 0.05) is 0 Å². The Balaban J connectivity index is 1.88. The van der Waals surface area contributed by atoms with Gasteiger partial charge in [0.2, 0.25) is 0 Å². The first-order valence-corrected chi connectivity index (χ1v) is 23.8. The number of rotatable bonds is 4. The van der Waals surface area contributed by atoms with Crippen LogP contribution in [0.25, 0.3) is 12.2 Å². The van der Waals surface area contributed by atoms with Gasteiger partial charge in [-0.1, -0.05) is 0 Å². The van der Waals surface area contributed by atoms with E-state index in [0.717, 1.165) is 0 Å². The molecule has 4 aromatic rings. The van der Waals surface area contributed by atoms with Crippen LogP contribution >= 0.6 is 0 Å². The average Bonchev–Trinajstić information content (AvgIpc) is 3.52. The molecule has 6 rings (SSSR count). The average molecular weight is 534 g/mol. The molecule has 2 atom stereocenters. The van der Waals surface area contributed by atoms with Gasteiger partial charge in [0.15, 0.2) is 0 Å². The summed E-state index contributed by atoms with van der Waals surface area (Å²) in [6.07, 6.45) is 10.0. The molecule has 0 radical (unpaired) electrons. The van der Waals surface area contributed by atoms with E-state index >= 15 is 0 Å². The van der Waals surface area contributed by atoms with Crippen molar-refractivity contribution in [3.8, 4) is 0 Å². The van der Waals surface area contributed by atoms with E-state index in [1.165, 1.54) is 22.3 Å². The van der Waals surface area contributed by atoms with Gasteiger partial charge in [0.1, 0.15) is 0 Å². The molecule has 0 N–H and O–H groups in total. The summed E-state index contributed by atoms with van der Waals surface area (Å²) in [5, 5.41) is 0. The van der Waals surface area contributed by atoms with Crippen molar-refractivity contribution >= 4 is 24.1 Å². The zero-order valence-corrected chi connectivity index (χ0v) is 23.3. The summed E-state index contributed by atoms with van der Waals surface area (Å²) >= 11 is -4.27. The van der Waals surface area contributed by atoms with E-state index in [-0.39, 0.29) is 0 Å². The Hall–Kier alpha value is -2.54. The van der Waals surface area contributed by atoms with Crippen molar-refractivity contribution < 1.29 is 17.4 Å². The van der Waals surface area contributed by atoms with Crippen molar-refractivity contribution in [1.82, 2.24) is 0 Å². The van der Waals surface area contributed by atoms with E-state index in [4.69, 9.17) is 0 Å². The molecule has 34 heavy (non-hydrogen) atoms. The van der Waals surface area contributed by atoms with E-state index in [2.05, 4.69) is 147 Å². The number of allylic oxidation sites excluding steroid dienone is 2. The molecule has 0 aromatic heterocycles. The minimum absolute atomic E-state index is 0.437. The van der Waals surface area contributed by atoms with Crippen LogP contribution in [0.15, 0.2) is 121 Å². The zero-order valence-electron chi connectivity index (χ0n) is 19.9. The molecule has 0 saturated carbocycles. The van der Waals surface area contributed by atoms with E-state index in [0.29, 0.717) is 7.25 Å². The third-order valence-corrected chi connectivity index (χ3v) is 50.5. The van der Waals surface area contributed by atoms with Gasteiger partial charge in [0.05, 0.1) is 0 Å². The Kier molecular flexibility index (Phi) is 5.36. The van der Waals surface area contributed by atoms with Crippen LogP contribution in [0, 0.1) is 0 Å². The first-order valence-electron chi connectivity index (χ1n) is 12.3. The Morgan fingerprint density at radius 1 is 0.500 bits per heavy atom. The van der Waals surface area contributed by atoms with Gasteiger partial charge in [-0.15, -0.1) is 0 Å². The summed E-state index contributed by atoms with van der Waals surface area (Å²) in [6, 6.07) is 41.8. The molecule has 0 fully saturated rings. The van der Waals surface area contributed by atoms with Crippen LogP contribution in [0.1, 0.15) is 29.5 Å². The molecule has 2 unspecified atom stereocenters. The first kappa shape index (κ1) is 22.0. The fraction of sp³-hybridized carbons (Fsp3) is 0.125. The molecule has 0 amide bonds. The number of benzene rings is 4. The molecule has 0 nitrogen and oxygen atoms in total. The van der Waals surface area contributed by atoms with Crippen molar-refractivity contribution in [1.29, 1.82) is 0 Å². The zero-order chi connectivity index (χ0) is 23.2. The topological polar surface area (TPSA) is 0 Å². The summed E-state index contributed by atoms with van der Waals surface area (Å²) < 4.78 is 4.14. The SMILES string of the molecule is C[Si](C)=[Zr]([c]1ccccc1)([c]1ccccc1)([CH]1C=Cc2ccccc21)[CH]1C=Cc2ccccc21. The number of fused-ring (bicyclic) bond motifs is 2. The number of hydrogen-bond donors (Lipinski definition) is 0. The fourth-order valence-corrected chi connectivity index (χ4v) is 49.1. The second kappa shape index (κ2) is 8.29. The van der Waals surface area contributed by atoms with E-state index < -0.39 is 22.8 Å². The molecular formula is C32H30SiZr. The summed E-state index contributed by atoms with van der Waals surface area (Å²) in [5.74, 6) is 0. The van der Waals surface area contributed by atoms with Gasteiger partial charge in [-0.25, -0.2) is 0 Å². The summed E-state index contributed by atoms with van der Waals surface area (Å²) in [4.78, 5) is 0. The maximum absolute atomic E-state index is 4.27. The molecule has 0 spiro atoms.